The van der Waals surface area contributed by atoms with Gasteiger partial charge in [0.2, 0.25) is 0 Å². The van der Waals surface area contributed by atoms with Crippen LogP contribution in [0.25, 0.3) is 0 Å². The van der Waals surface area contributed by atoms with Crippen LogP contribution in [0, 0.1) is 5.92 Å². The van der Waals surface area contributed by atoms with Gasteiger partial charge in [-0.1, -0.05) is 32.8 Å². The zero-order valence-electron chi connectivity index (χ0n) is 16.3. The molecular weight excluding hydrogens is 346 g/mol. The summed E-state index contributed by atoms with van der Waals surface area (Å²) in [6, 6.07) is 4.79. The first kappa shape index (κ1) is 19.3. The van der Waals surface area contributed by atoms with E-state index in [1.54, 1.807) is 45.1 Å². The molecule has 6 nitrogen and oxygen atoms in total. The molecule has 1 atom stereocenters. The summed E-state index contributed by atoms with van der Waals surface area (Å²) in [7, 11) is 3.10. The Balaban J connectivity index is 2.13. The van der Waals surface area contributed by atoms with Gasteiger partial charge in [-0.2, -0.15) is 0 Å². The molecular formula is C21H27NO5. The van der Waals surface area contributed by atoms with Crippen LogP contribution in [-0.4, -0.2) is 42.0 Å². The number of carbonyl (C=O) groups is 2. The number of methoxy groups -OCH3 is 2. The van der Waals surface area contributed by atoms with Gasteiger partial charge in [-0.05, 0) is 30.5 Å². The predicted molar refractivity (Wildman–Crippen MR) is 101 cm³/mol. The third-order valence-electron chi connectivity index (χ3n) is 5.48. The number of aliphatic hydroxyl groups excluding tert-OH is 1. The van der Waals surface area contributed by atoms with Crippen molar-refractivity contribution in [3.8, 4) is 11.5 Å². The summed E-state index contributed by atoms with van der Waals surface area (Å²) in [6.45, 7) is 3.55. The zero-order valence-corrected chi connectivity index (χ0v) is 16.3. The highest BCUT2D eigenvalue weighted by atomic mass is 16.5. The number of benzene rings is 1. The normalized spacial score (nSPS) is 20.7. The van der Waals surface area contributed by atoms with E-state index in [-0.39, 0.29) is 23.3 Å². The second-order valence-corrected chi connectivity index (χ2v) is 7.45. The van der Waals surface area contributed by atoms with Crippen molar-refractivity contribution in [2.45, 2.75) is 51.6 Å². The molecule has 0 radical (unpaired) electrons. The van der Waals surface area contributed by atoms with Crippen LogP contribution in [0.5, 0.6) is 11.5 Å². The maximum atomic E-state index is 12.9. The number of Topliss-reactive ketones (excluding diaryl/α,β-unsaturated/α-hetero) is 1. The average Bonchev–Trinajstić information content (AvgIpc) is 3.27. The monoisotopic (exact) mass is 373 g/mol. The summed E-state index contributed by atoms with van der Waals surface area (Å²) in [5.41, 5.74) is 0.926. The Kier molecular flexibility index (Phi) is 5.44. The summed E-state index contributed by atoms with van der Waals surface area (Å²) in [6.07, 6.45) is 3.85. The zero-order chi connectivity index (χ0) is 19.7. The second-order valence-electron chi connectivity index (χ2n) is 7.45. The molecule has 0 aromatic heterocycles. The van der Waals surface area contributed by atoms with Crippen molar-refractivity contribution >= 4 is 11.7 Å². The number of hydrogen-bond donors (Lipinski definition) is 1. The molecule has 146 valence electrons. The van der Waals surface area contributed by atoms with Gasteiger partial charge in [0.25, 0.3) is 5.91 Å². The lowest BCUT2D eigenvalue weighted by Crippen LogP contribution is -2.38. The first-order chi connectivity index (χ1) is 12.9. The minimum atomic E-state index is -0.602. The Labute approximate surface area is 159 Å². The van der Waals surface area contributed by atoms with Gasteiger partial charge in [-0.25, -0.2) is 0 Å². The number of carbonyl (C=O) groups excluding carboxylic acids is 2. The van der Waals surface area contributed by atoms with Crippen molar-refractivity contribution in [2.75, 3.05) is 14.2 Å². The molecule has 1 aliphatic heterocycles. The van der Waals surface area contributed by atoms with Crippen LogP contribution in [0.2, 0.25) is 0 Å². The molecule has 1 fully saturated rings. The smallest absolute Gasteiger partial charge is 0.290 e. The number of aliphatic hydroxyl groups is 1. The Morgan fingerprint density at radius 2 is 1.78 bits per heavy atom. The molecule has 6 heteroatoms. The third-order valence-corrected chi connectivity index (χ3v) is 5.48. The number of rotatable bonds is 6. The van der Waals surface area contributed by atoms with Gasteiger partial charge in [0.05, 0.1) is 25.8 Å². The molecule has 1 unspecified atom stereocenters. The Morgan fingerprint density at radius 1 is 1.15 bits per heavy atom. The fourth-order valence-electron chi connectivity index (χ4n) is 4.10. The summed E-state index contributed by atoms with van der Waals surface area (Å²) in [5.74, 6) is -0.298. The number of amides is 1. The number of nitrogens with zero attached hydrogens (tertiary/aromatic N) is 1. The van der Waals surface area contributed by atoms with Gasteiger partial charge in [-0.3, -0.25) is 9.59 Å². The Morgan fingerprint density at radius 3 is 2.33 bits per heavy atom. The first-order valence-electron chi connectivity index (χ1n) is 9.42. The quantitative estimate of drug-likeness (QED) is 0.825. The maximum Gasteiger partial charge on any atom is 0.290 e. The first-order valence-corrected chi connectivity index (χ1v) is 9.42. The minimum absolute atomic E-state index is 0.0233. The SMILES string of the molecule is COc1ccc(C2C(C(=O)C(C)C)=C(O)C(=O)N2C2CCCC2)cc1OC. The number of hydrogen-bond acceptors (Lipinski definition) is 5. The highest BCUT2D eigenvalue weighted by Crippen LogP contribution is 2.44. The van der Waals surface area contributed by atoms with Crippen LogP contribution in [0.15, 0.2) is 29.5 Å². The van der Waals surface area contributed by atoms with Gasteiger partial charge in [-0.15, -0.1) is 0 Å². The summed E-state index contributed by atoms with van der Waals surface area (Å²) < 4.78 is 10.7. The third kappa shape index (κ3) is 3.29. The standard InChI is InChI=1S/C21H27NO5/c1-12(2)19(23)17-18(13-9-10-15(26-3)16(11-13)27-4)22(21(25)20(17)24)14-7-5-6-8-14/h9-12,14,18,24H,5-8H2,1-4H3. The van der Waals surface area contributed by atoms with E-state index >= 15 is 0 Å². The molecule has 0 bridgehead atoms. The van der Waals surface area contributed by atoms with E-state index in [2.05, 4.69) is 0 Å². The van der Waals surface area contributed by atoms with Gasteiger partial charge in [0.15, 0.2) is 23.0 Å². The van der Waals surface area contributed by atoms with Crippen molar-refractivity contribution in [2.24, 2.45) is 5.92 Å². The van der Waals surface area contributed by atoms with Gasteiger partial charge < -0.3 is 19.5 Å². The van der Waals surface area contributed by atoms with Crippen LogP contribution in [0.4, 0.5) is 0 Å². The summed E-state index contributed by atoms with van der Waals surface area (Å²) in [4.78, 5) is 27.5. The van der Waals surface area contributed by atoms with E-state index in [1.807, 2.05) is 6.07 Å². The molecule has 3 rings (SSSR count). The molecule has 1 heterocycles. The van der Waals surface area contributed by atoms with Crippen molar-refractivity contribution in [3.05, 3.63) is 35.1 Å². The molecule has 2 aliphatic rings. The summed E-state index contributed by atoms with van der Waals surface area (Å²) in [5, 5.41) is 10.6. The van der Waals surface area contributed by atoms with Crippen LogP contribution in [0.3, 0.4) is 0 Å². The fraction of sp³-hybridized carbons (Fsp3) is 0.524. The molecule has 1 amide bonds. The lowest BCUT2D eigenvalue weighted by atomic mass is 9.90. The van der Waals surface area contributed by atoms with Crippen LogP contribution in [0.1, 0.15) is 51.1 Å². The van der Waals surface area contributed by atoms with E-state index < -0.39 is 17.7 Å². The number of ketones is 1. The van der Waals surface area contributed by atoms with Gasteiger partial charge in [0.1, 0.15) is 0 Å². The molecule has 1 N–H and O–H groups in total. The molecule has 1 aliphatic carbocycles. The van der Waals surface area contributed by atoms with Crippen LogP contribution < -0.4 is 9.47 Å². The van der Waals surface area contributed by atoms with Crippen LogP contribution >= 0.6 is 0 Å². The molecule has 0 spiro atoms. The van der Waals surface area contributed by atoms with Crippen molar-refractivity contribution < 1.29 is 24.2 Å². The van der Waals surface area contributed by atoms with E-state index in [1.165, 1.54) is 0 Å². The molecule has 27 heavy (non-hydrogen) atoms. The maximum absolute atomic E-state index is 12.9. The highest BCUT2D eigenvalue weighted by molar-refractivity contribution is 6.09. The van der Waals surface area contributed by atoms with Crippen molar-refractivity contribution in [1.29, 1.82) is 0 Å². The second kappa shape index (κ2) is 7.62. The largest absolute Gasteiger partial charge is 0.503 e. The van der Waals surface area contributed by atoms with Crippen LogP contribution in [-0.2, 0) is 9.59 Å². The average molecular weight is 373 g/mol. The summed E-state index contributed by atoms with van der Waals surface area (Å²) >= 11 is 0. The van der Waals surface area contributed by atoms with E-state index in [4.69, 9.17) is 9.47 Å². The fourth-order valence-corrected chi connectivity index (χ4v) is 4.10. The highest BCUT2D eigenvalue weighted by Gasteiger charge is 2.47. The van der Waals surface area contributed by atoms with E-state index in [9.17, 15) is 14.7 Å². The van der Waals surface area contributed by atoms with Crippen molar-refractivity contribution in [3.63, 3.8) is 0 Å². The lowest BCUT2D eigenvalue weighted by molar-refractivity contribution is -0.131. The van der Waals surface area contributed by atoms with Gasteiger partial charge >= 0.3 is 0 Å². The van der Waals surface area contributed by atoms with E-state index in [0.29, 0.717) is 11.5 Å². The molecule has 1 aromatic carbocycles. The predicted octanol–water partition coefficient (Wildman–Crippen LogP) is 3.57. The molecule has 0 saturated heterocycles. The molecule has 1 saturated carbocycles. The van der Waals surface area contributed by atoms with E-state index in [0.717, 1.165) is 31.2 Å². The lowest BCUT2D eigenvalue weighted by Gasteiger charge is -2.32. The number of ether oxygens (including phenoxy) is 2. The minimum Gasteiger partial charge on any atom is -0.503 e. The van der Waals surface area contributed by atoms with Gasteiger partial charge in [0, 0.05) is 12.0 Å². The molecule has 1 aromatic rings. The topological polar surface area (TPSA) is 76.1 Å². The Hall–Kier alpha value is -2.50. The Bertz CT molecular complexity index is 777. The van der Waals surface area contributed by atoms with Crippen molar-refractivity contribution in [1.82, 2.24) is 4.90 Å².